The second-order valence-corrected chi connectivity index (χ2v) is 4.40. The zero-order valence-corrected chi connectivity index (χ0v) is 7.22. The van der Waals surface area contributed by atoms with E-state index in [2.05, 4.69) is 13.8 Å². The molecule has 1 saturated carbocycles. The van der Waals surface area contributed by atoms with Crippen LogP contribution in [0.4, 0.5) is 0 Å². The summed E-state index contributed by atoms with van der Waals surface area (Å²) in [5.41, 5.74) is -0.455. The maximum absolute atomic E-state index is 9.80. The highest BCUT2D eigenvalue weighted by Crippen LogP contribution is 2.44. The Morgan fingerprint density at radius 3 is 2.45 bits per heavy atom. The Bertz CT molecular complexity index is 192. The molecule has 0 spiro atoms. The first-order chi connectivity index (χ1) is 4.97. The summed E-state index contributed by atoms with van der Waals surface area (Å²) in [7, 11) is 0. The standard InChI is InChI=1S/C9H15NO/c1-8(2)3-4-9(11,7-8)5-6-10/h11H,3-5,7H2,1-2H3. The van der Waals surface area contributed by atoms with Gasteiger partial charge in [0.05, 0.1) is 18.1 Å². The maximum atomic E-state index is 9.80. The Hall–Kier alpha value is -0.550. The highest BCUT2D eigenvalue weighted by molar-refractivity contribution is 4.98. The molecule has 2 nitrogen and oxygen atoms in total. The van der Waals surface area contributed by atoms with E-state index in [1.54, 1.807) is 0 Å². The highest BCUT2D eigenvalue weighted by atomic mass is 16.3. The van der Waals surface area contributed by atoms with E-state index in [1.165, 1.54) is 0 Å². The van der Waals surface area contributed by atoms with Crippen LogP contribution in [0.2, 0.25) is 0 Å². The molecule has 0 heterocycles. The molecule has 1 fully saturated rings. The molecule has 1 aliphatic carbocycles. The molecule has 0 bridgehead atoms. The third-order valence-corrected chi connectivity index (χ3v) is 2.48. The first-order valence-corrected chi connectivity index (χ1v) is 4.07. The monoisotopic (exact) mass is 153 g/mol. The number of hydrogen-bond donors (Lipinski definition) is 1. The smallest absolute Gasteiger partial charge is 0.0782 e. The van der Waals surface area contributed by atoms with Gasteiger partial charge < -0.3 is 5.11 Å². The van der Waals surface area contributed by atoms with Gasteiger partial charge >= 0.3 is 0 Å². The van der Waals surface area contributed by atoms with E-state index in [-0.39, 0.29) is 11.8 Å². The molecule has 11 heavy (non-hydrogen) atoms. The Morgan fingerprint density at radius 1 is 1.45 bits per heavy atom. The average Bonchev–Trinajstić information content (AvgIpc) is 2.07. The van der Waals surface area contributed by atoms with Crippen LogP contribution in [0.5, 0.6) is 0 Å². The van der Waals surface area contributed by atoms with Crippen molar-refractivity contribution >= 4 is 0 Å². The molecule has 0 aromatic rings. The maximum Gasteiger partial charge on any atom is 0.0782 e. The van der Waals surface area contributed by atoms with Gasteiger partial charge in [-0.25, -0.2) is 0 Å². The summed E-state index contributed by atoms with van der Waals surface area (Å²) >= 11 is 0. The number of rotatable bonds is 1. The van der Waals surface area contributed by atoms with Crippen molar-refractivity contribution in [3.63, 3.8) is 0 Å². The fraction of sp³-hybridized carbons (Fsp3) is 0.889. The molecular formula is C9H15NO. The van der Waals surface area contributed by atoms with Gasteiger partial charge in [-0.1, -0.05) is 13.8 Å². The Morgan fingerprint density at radius 2 is 2.09 bits per heavy atom. The predicted octanol–water partition coefficient (Wildman–Crippen LogP) is 1.84. The zero-order valence-electron chi connectivity index (χ0n) is 7.22. The second kappa shape index (κ2) is 2.49. The fourth-order valence-corrected chi connectivity index (χ4v) is 1.94. The summed E-state index contributed by atoms with van der Waals surface area (Å²) in [5, 5.41) is 18.3. The lowest BCUT2D eigenvalue weighted by Crippen LogP contribution is -2.25. The summed E-state index contributed by atoms with van der Waals surface area (Å²) in [4.78, 5) is 0. The van der Waals surface area contributed by atoms with Gasteiger partial charge in [-0.3, -0.25) is 0 Å². The molecule has 0 saturated heterocycles. The zero-order chi connectivity index (χ0) is 8.54. The van der Waals surface area contributed by atoms with E-state index >= 15 is 0 Å². The van der Waals surface area contributed by atoms with Crippen LogP contribution in [0.1, 0.15) is 39.5 Å². The SMILES string of the molecule is CC1(C)CCC(O)(CC#N)C1. The minimum Gasteiger partial charge on any atom is -0.389 e. The van der Waals surface area contributed by atoms with Crippen LogP contribution in [0.3, 0.4) is 0 Å². The molecule has 1 rings (SSSR count). The quantitative estimate of drug-likeness (QED) is 0.624. The van der Waals surface area contributed by atoms with Crippen molar-refractivity contribution in [1.29, 1.82) is 5.26 Å². The first kappa shape index (κ1) is 8.55. The van der Waals surface area contributed by atoms with E-state index in [0.717, 1.165) is 19.3 Å². The molecule has 0 aromatic carbocycles. The van der Waals surface area contributed by atoms with Crippen LogP contribution in [0.25, 0.3) is 0 Å². The molecule has 1 unspecified atom stereocenters. The van der Waals surface area contributed by atoms with Crippen LogP contribution in [0.15, 0.2) is 0 Å². The van der Waals surface area contributed by atoms with Crippen molar-refractivity contribution in [2.75, 3.05) is 0 Å². The van der Waals surface area contributed by atoms with E-state index in [0.29, 0.717) is 0 Å². The fourth-order valence-electron chi connectivity index (χ4n) is 1.94. The molecular weight excluding hydrogens is 138 g/mol. The Labute approximate surface area is 67.8 Å². The lowest BCUT2D eigenvalue weighted by molar-refractivity contribution is 0.0423. The van der Waals surface area contributed by atoms with E-state index in [1.807, 2.05) is 6.07 Å². The van der Waals surface area contributed by atoms with Crippen molar-refractivity contribution in [2.24, 2.45) is 5.41 Å². The molecule has 1 atom stereocenters. The van der Waals surface area contributed by atoms with E-state index < -0.39 is 5.60 Å². The number of nitriles is 1. The van der Waals surface area contributed by atoms with Gasteiger partial charge in [-0.2, -0.15) is 5.26 Å². The van der Waals surface area contributed by atoms with Gasteiger partial charge in [0.2, 0.25) is 0 Å². The third kappa shape index (κ3) is 1.94. The van der Waals surface area contributed by atoms with Crippen LogP contribution < -0.4 is 0 Å². The minimum absolute atomic E-state index is 0.228. The third-order valence-electron chi connectivity index (χ3n) is 2.48. The van der Waals surface area contributed by atoms with Crippen molar-refractivity contribution in [3.05, 3.63) is 0 Å². The summed E-state index contributed by atoms with van der Waals surface area (Å²) in [6.45, 7) is 4.28. The second-order valence-electron chi connectivity index (χ2n) is 4.40. The lowest BCUT2D eigenvalue weighted by atomic mass is 9.88. The molecule has 2 heteroatoms. The van der Waals surface area contributed by atoms with Crippen LogP contribution >= 0.6 is 0 Å². The molecule has 0 radical (unpaired) electrons. The van der Waals surface area contributed by atoms with Crippen LogP contribution in [-0.2, 0) is 0 Å². The summed E-state index contributed by atoms with van der Waals surface area (Å²) in [5.74, 6) is 0. The summed E-state index contributed by atoms with van der Waals surface area (Å²) in [6.07, 6.45) is 2.88. The van der Waals surface area contributed by atoms with Crippen molar-refractivity contribution < 1.29 is 5.11 Å². The van der Waals surface area contributed by atoms with Crippen LogP contribution in [-0.4, -0.2) is 10.7 Å². The summed E-state index contributed by atoms with van der Waals surface area (Å²) in [6, 6.07) is 2.04. The molecule has 1 aliphatic rings. The number of aliphatic hydroxyl groups is 1. The van der Waals surface area contributed by atoms with Gasteiger partial charge in [0.25, 0.3) is 0 Å². The largest absolute Gasteiger partial charge is 0.389 e. The van der Waals surface area contributed by atoms with Gasteiger partial charge in [-0.05, 0) is 24.7 Å². The highest BCUT2D eigenvalue weighted by Gasteiger charge is 2.41. The predicted molar refractivity (Wildman–Crippen MR) is 42.8 cm³/mol. The average molecular weight is 153 g/mol. The number of hydrogen-bond acceptors (Lipinski definition) is 2. The van der Waals surface area contributed by atoms with Crippen molar-refractivity contribution in [1.82, 2.24) is 0 Å². The Balaban J connectivity index is 2.59. The van der Waals surface area contributed by atoms with Gasteiger partial charge in [-0.15, -0.1) is 0 Å². The lowest BCUT2D eigenvalue weighted by Gasteiger charge is -2.22. The molecule has 0 amide bonds. The van der Waals surface area contributed by atoms with Gasteiger partial charge in [0, 0.05) is 0 Å². The van der Waals surface area contributed by atoms with Gasteiger partial charge in [0.15, 0.2) is 0 Å². The topological polar surface area (TPSA) is 44.0 Å². The Kier molecular flexibility index (Phi) is 1.94. The number of nitrogens with zero attached hydrogens (tertiary/aromatic N) is 1. The normalized spacial score (nSPS) is 35.1. The molecule has 0 aliphatic heterocycles. The van der Waals surface area contributed by atoms with Crippen LogP contribution in [0, 0.1) is 16.7 Å². The van der Waals surface area contributed by atoms with Crippen molar-refractivity contribution in [2.45, 2.75) is 45.1 Å². The molecule has 62 valence electrons. The molecule has 0 aromatic heterocycles. The molecule has 1 N–H and O–H groups in total. The minimum atomic E-state index is -0.682. The first-order valence-electron chi connectivity index (χ1n) is 4.07. The summed E-state index contributed by atoms with van der Waals surface area (Å²) < 4.78 is 0. The van der Waals surface area contributed by atoms with Gasteiger partial charge in [0.1, 0.15) is 0 Å². The van der Waals surface area contributed by atoms with E-state index in [4.69, 9.17) is 5.26 Å². The van der Waals surface area contributed by atoms with E-state index in [9.17, 15) is 5.11 Å². The van der Waals surface area contributed by atoms with Crippen molar-refractivity contribution in [3.8, 4) is 6.07 Å².